The van der Waals surface area contributed by atoms with Crippen molar-refractivity contribution >= 4 is 0 Å². The van der Waals surface area contributed by atoms with E-state index in [-0.39, 0.29) is 6.17 Å². The van der Waals surface area contributed by atoms with Crippen LogP contribution in [0.5, 0.6) is 0 Å². The lowest BCUT2D eigenvalue weighted by atomic mass is 10.2. The van der Waals surface area contributed by atoms with E-state index in [9.17, 15) is 0 Å². The van der Waals surface area contributed by atoms with Gasteiger partial charge in [-0.1, -0.05) is 26.2 Å². The quantitative estimate of drug-likeness (QED) is 0.681. The number of nitrogens with two attached hydrogens (primary N) is 1. The Kier molecular flexibility index (Phi) is 3.80. The first-order valence-electron chi connectivity index (χ1n) is 4.57. The van der Waals surface area contributed by atoms with Gasteiger partial charge in [-0.3, -0.25) is 0 Å². The third-order valence-corrected chi connectivity index (χ3v) is 2.01. The molecule has 1 atom stereocenters. The molecule has 2 N–H and O–H groups in total. The van der Waals surface area contributed by atoms with Crippen molar-refractivity contribution in [3.8, 4) is 0 Å². The number of rotatable bonds is 5. The van der Waals surface area contributed by atoms with E-state index >= 15 is 0 Å². The average Bonchev–Trinajstić information content (AvgIpc) is 2.56. The first-order valence-corrected chi connectivity index (χ1v) is 4.57. The molecule has 0 aliphatic carbocycles. The summed E-state index contributed by atoms with van der Waals surface area (Å²) in [6.45, 7) is 2.20. The highest BCUT2D eigenvalue weighted by Gasteiger charge is 2.01. The Labute approximate surface area is 73.6 Å². The second-order valence-electron chi connectivity index (χ2n) is 3.07. The number of hydrogen-bond donors (Lipinski definition) is 1. The van der Waals surface area contributed by atoms with Gasteiger partial charge in [0.15, 0.2) is 0 Å². The van der Waals surface area contributed by atoms with Crippen LogP contribution in [0.15, 0.2) is 18.7 Å². The third kappa shape index (κ3) is 2.66. The molecule has 0 bridgehead atoms. The van der Waals surface area contributed by atoms with Gasteiger partial charge in [0.05, 0.1) is 12.5 Å². The summed E-state index contributed by atoms with van der Waals surface area (Å²) in [5.74, 6) is 0. The van der Waals surface area contributed by atoms with Crippen molar-refractivity contribution in [2.75, 3.05) is 0 Å². The molecule has 68 valence electrons. The van der Waals surface area contributed by atoms with Gasteiger partial charge < -0.3 is 10.3 Å². The van der Waals surface area contributed by atoms with Crippen molar-refractivity contribution in [3.05, 3.63) is 18.7 Å². The monoisotopic (exact) mass is 167 g/mol. The van der Waals surface area contributed by atoms with Crippen molar-refractivity contribution in [3.63, 3.8) is 0 Å². The Morgan fingerprint density at radius 3 is 2.92 bits per heavy atom. The van der Waals surface area contributed by atoms with E-state index < -0.39 is 0 Å². The Balaban J connectivity index is 2.25. The van der Waals surface area contributed by atoms with E-state index in [2.05, 4.69) is 11.9 Å². The minimum Gasteiger partial charge on any atom is -0.322 e. The first-order chi connectivity index (χ1) is 5.84. The molecule has 1 aromatic heterocycles. The van der Waals surface area contributed by atoms with E-state index in [1.807, 2.05) is 10.8 Å². The molecule has 1 unspecified atom stereocenters. The number of imidazole rings is 1. The van der Waals surface area contributed by atoms with E-state index in [0.29, 0.717) is 0 Å². The Bertz CT molecular complexity index is 194. The van der Waals surface area contributed by atoms with Crippen molar-refractivity contribution in [1.29, 1.82) is 0 Å². The predicted molar refractivity (Wildman–Crippen MR) is 49.6 cm³/mol. The van der Waals surface area contributed by atoms with Gasteiger partial charge >= 0.3 is 0 Å². The van der Waals surface area contributed by atoms with Gasteiger partial charge in [-0.15, -0.1) is 0 Å². The fraction of sp³-hybridized carbons (Fsp3) is 0.667. The summed E-state index contributed by atoms with van der Waals surface area (Å²) < 4.78 is 1.95. The molecule has 0 fully saturated rings. The highest BCUT2D eigenvalue weighted by molar-refractivity contribution is 4.77. The van der Waals surface area contributed by atoms with Gasteiger partial charge in [0.25, 0.3) is 0 Å². The number of hydrogen-bond acceptors (Lipinski definition) is 2. The van der Waals surface area contributed by atoms with Crippen LogP contribution in [-0.4, -0.2) is 9.55 Å². The van der Waals surface area contributed by atoms with Crippen LogP contribution in [0.25, 0.3) is 0 Å². The van der Waals surface area contributed by atoms with Crippen LogP contribution >= 0.6 is 0 Å². The lowest BCUT2D eigenvalue weighted by Crippen LogP contribution is -2.16. The molecule has 0 spiro atoms. The SMILES string of the molecule is CCCCCC(N)n1ccnc1. The molecule has 1 rings (SSSR count). The van der Waals surface area contributed by atoms with Gasteiger partial charge in [0.1, 0.15) is 0 Å². The molecule has 0 saturated carbocycles. The van der Waals surface area contributed by atoms with E-state index in [4.69, 9.17) is 5.73 Å². The molecule has 1 heterocycles. The van der Waals surface area contributed by atoms with Crippen LogP contribution < -0.4 is 5.73 Å². The van der Waals surface area contributed by atoms with Crippen LogP contribution in [0.2, 0.25) is 0 Å². The second kappa shape index (κ2) is 4.93. The minimum atomic E-state index is 0.110. The Hall–Kier alpha value is -0.830. The van der Waals surface area contributed by atoms with Crippen molar-refractivity contribution in [2.24, 2.45) is 5.73 Å². The van der Waals surface area contributed by atoms with Crippen LogP contribution in [0.1, 0.15) is 38.8 Å². The standard InChI is InChI=1S/C9H17N3/c1-2-3-4-5-9(10)12-7-6-11-8-12/h6-9H,2-5,10H2,1H3. The molecule has 12 heavy (non-hydrogen) atoms. The largest absolute Gasteiger partial charge is 0.322 e. The average molecular weight is 167 g/mol. The first kappa shape index (κ1) is 9.26. The maximum absolute atomic E-state index is 5.90. The molecular formula is C9H17N3. The Morgan fingerprint density at radius 2 is 2.33 bits per heavy atom. The summed E-state index contributed by atoms with van der Waals surface area (Å²) in [5.41, 5.74) is 5.90. The fourth-order valence-electron chi connectivity index (χ4n) is 1.22. The summed E-state index contributed by atoms with van der Waals surface area (Å²) in [6, 6.07) is 0. The third-order valence-electron chi connectivity index (χ3n) is 2.01. The molecular weight excluding hydrogens is 150 g/mol. The lowest BCUT2D eigenvalue weighted by Gasteiger charge is -2.11. The van der Waals surface area contributed by atoms with E-state index in [1.165, 1.54) is 19.3 Å². The predicted octanol–water partition coefficient (Wildman–Crippen LogP) is 1.92. The van der Waals surface area contributed by atoms with Gasteiger partial charge in [-0.25, -0.2) is 4.98 Å². The van der Waals surface area contributed by atoms with Crippen LogP contribution in [0.4, 0.5) is 0 Å². The van der Waals surface area contributed by atoms with Gasteiger partial charge in [0.2, 0.25) is 0 Å². The maximum atomic E-state index is 5.90. The molecule has 0 saturated heterocycles. The Morgan fingerprint density at radius 1 is 1.50 bits per heavy atom. The molecule has 1 aromatic rings. The number of aromatic nitrogens is 2. The normalized spacial score (nSPS) is 13.2. The molecule has 3 heteroatoms. The van der Waals surface area contributed by atoms with Crippen molar-refractivity contribution in [1.82, 2.24) is 9.55 Å². The van der Waals surface area contributed by atoms with Gasteiger partial charge in [-0.2, -0.15) is 0 Å². The second-order valence-corrected chi connectivity index (χ2v) is 3.07. The van der Waals surface area contributed by atoms with Gasteiger partial charge in [-0.05, 0) is 6.42 Å². The van der Waals surface area contributed by atoms with Crippen LogP contribution in [0, 0.1) is 0 Å². The molecule has 0 amide bonds. The summed E-state index contributed by atoms with van der Waals surface area (Å²) in [4.78, 5) is 3.95. The lowest BCUT2D eigenvalue weighted by molar-refractivity contribution is 0.457. The summed E-state index contributed by atoms with van der Waals surface area (Å²) in [7, 11) is 0. The van der Waals surface area contributed by atoms with Crippen molar-refractivity contribution < 1.29 is 0 Å². The van der Waals surface area contributed by atoms with Crippen molar-refractivity contribution in [2.45, 2.75) is 38.8 Å². The number of nitrogens with zero attached hydrogens (tertiary/aromatic N) is 2. The molecule has 0 aliphatic rings. The highest BCUT2D eigenvalue weighted by Crippen LogP contribution is 2.09. The zero-order chi connectivity index (χ0) is 8.81. The van der Waals surface area contributed by atoms with E-state index in [0.717, 1.165) is 6.42 Å². The topological polar surface area (TPSA) is 43.8 Å². The zero-order valence-electron chi connectivity index (χ0n) is 7.61. The minimum absolute atomic E-state index is 0.110. The molecule has 3 nitrogen and oxygen atoms in total. The van der Waals surface area contributed by atoms with Gasteiger partial charge in [0, 0.05) is 12.4 Å². The maximum Gasteiger partial charge on any atom is 0.0959 e. The fourth-order valence-corrected chi connectivity index (χ4v) is 1.22. The van der Waals surface area contributed by atoms with E-state index in [1.54, 1.807) is 12.5 Å². The number of unbranched alkanes of at least 4 members (excludes halogenated alkanes) is 2. The van der Waals surface area contributed by atoms with Crippen LogP contribution in [-0.2, 0) is 0 Å². The smallest absolute Gasteiger partial charge is 0.0959 e. The molecule has 0 aliphatic heterocycles. The van der Waals surface area contributed by atoms with Crippen LogP contribution in [0.3, 0.4) is 0 Å². The summed E-state index contributed by atoms with van der Waals surface area (Å²) in [5, 5.41) is 0. The molecule has 0 radical (unpaired) electrons. The summed E-state index contributed by atoms with van der Waals surface area (Å²) in [6.07, 6.45) is 10.3. The highest BCUT2D eigenvalue weighted by atomic mass is 15.1. The molecule has 0 aromatic carbocycles. The summed E-state index contributed by atoms with van der Waals surface area (Å²) >= 11 is 0. The zero-order valence-corrected chi connectivity index (χ0v) is 7.61.